The standard InChI is InChI=1S/C29H26F3NO3S/c1-18-16-24(14-10-21(18)11-15-26(34)35)36-25(17-20-6-4-3-5-7-20)27-19(2)33-28(37-27)22-8-12-23(13-9-22)29(30,31)32/h3-10,12-14,16,25H,11,15,17H2,1-2H3,(H,34,35). The predicted octanol–water partition coefficient (Wildman–Crippen LogP) is 7.83. The van der Waals surface area contributed by atoms with Crippen LogP contribution in [0.15, 0.2) is 72.8 Å². The second-order valence-corrected chi connectivity index (χ2v) is 9.85. The fourth-order valence-corrected chi connectivity index (χ4v) is 5.18. The van der Waals surface area contributed by atoms with E-state index in [4.69, 9.17) is 9.84 Å². The van der Waals surface area contributed by atoms with E-state index in [1.54, 1.807) is 0 Å². The molecular weight excluding hydrogens is 499 g/mol. The van der Waals surface area contributed by atoms with Crippen molar-refractivity contribution < 1.29 is 27.8 Å². The van der Waals surface area contributed by atoms with Crippen LogP contribution >= 0.6 is 11.3 Å². The lowest BCUT2D eigenvalue weighted by molar-refractivity contribution is -0.138. The van der Waals surface area contributed by atoms with E-state index in [-0.39, 0.29) is 12.5 Å². The first kappa shape index (κ1) is 26.4. The third-order valence-corrected chi connectivity index (χ3v) is 7.35. The highest BCUT2D eigenvalue weighted by atomic mass is 32.1. The first-order valence-corrected chi connectivity index (χ1v) is 12.6. The zero-order chi connectivity index (χ0) is 26.6. The van der Waals surface area contributed by atoms with E-state index in [1.165, 1.54) is 23.5 Å². The van der Waals surface area contributed by atoms with Crippen molar-refractivity contribution >= 4 is 17.3 Å². The van der Waals surface area contributed by atoms with Gasteiger partial charge in [0, 0.05) is 18.4 Å². The molecule has 1 unspecified atom stereocenters. The highest BCUT2D eigenvalue weighted by Gasteiger charge is 2.30. The molecule has 192 valence electrons. The van der Waals surface area contributed by atoms with Gasteiger partial charge in [0.15, 0.2) is 0 Å². The summed E-state index contributed by atoms with van der Waals surface area (Å²) in [6.45, 7) is 3.80. The van der Waals surface area contributed by atoms with E-state index in [0.717, 1.165) is 39.4 Å². The Bertz CT molecular complexity index is 1370. The Balaban J connectivity index is 1.63. The number of hydrogen-bond acceptors (Lipinski definition) is 4. The lowest BCUT2D eigenvalue weighted by atomic mass is 10.0. The molecule has 1 N–H and O–H groups in total. The number of nitrogens with zero attached hydrogens (tertiary/aromatic N) is 1. The van der Waals surface area contributed by atoms with Crippen LogP contribution in [0.5, 0.6) is 5.75 Å². The molecule has 0 aliphatic heterocycles. The minimum atomic E-state index is -4.39. The van der Waals surface area contributed by atoms with Gasteiger partial charge in [0.2, 0.25) is 0 Å². The van der Waals surface area contributed by atoms with Crippen molar-refractivity contribution in [3.05, 3.63) is 106 Å². The summed E-state index contributed by atoms with van der Waals surface area (Å²) in [6, 6.07) is 20.6. The van der Waals surface area contributed by atoms with Crippen LogP contribution in [-0.4, -0.2) is 16.1 Å². The molecule has 4 aromatic rings. The van der Waals surface area contributed by atoms with Gasteiger partial charge in [-0.15, -0.1) is 11.3 Å². The van der Waals surface area contributed by atoms with Crippen molar-refractivity contribution in [2.75, 3.05) is 0 Å². The SMILES string of the molecule is Cc1cc(OC(Cc2ccccc2)c2sc(-c3ccc(C(F)(F)F)cc3)nc2C)ccc1CCC(=O)O. The number of ether oxygens (including phenoxy) is 1. The third-order valence-electron chi connectivity index (χ3n) is 6.05. The number of aromatic nitrogens is 1. The second kappa shape index (κ2) is 11.2. The van der Waals surface area contributed by atoms with Gasteiger partial charge < -0.3 is 9.84 Å². The van der Waals surface area contributed by atoms with Gasteiger partial charge in [0.05, 0.1) is 16.1 Å². The van der Waals surface area contributed by atoms with Crippen LogP contribution < -0.4 is 4.74 Å². The molecule has 0 spiro atoms. The van der Waals surface area contributed by atoms with Crippen molar-refractivity contribution in [3.8, 4) is 16.3 Å². The molecule has 1 heterocycles. The number of carboxylic acids is 1. The normalized spacial score (nSPS) is 12.4. The molecular formula is C29H26F3NO3S. The van der Waals surface area contributed by atoms with Gasteiger partial charge in [-0.05, 0) is 61.2 Å². The summed E-state index contributed by atoms with van der Waals surface area (Å²) >= 11 is 1.41. The smallest absolute Gasteiger partial charge is 0.416 e. The number of aliphatic carboxylic acids is 1. The van der Waals surface area contributed by atoms with Crippen LogP contribution in [0.4, 0.5) is 13.2 Å². The van der Waals surface area contributed by atoms with Crippen LogP contribution in [-0.2, 0) is 23.8 Å². The second-order valence-electron chi connectivity index (χ2n) is 8.82. The van der Waals surface area contributed by atoms with Gasteiger partial charge >= 0.3 is 12.1 Å². The van der Waals surface area contributed by atoms with Crippen molar-refractivity contribution in [2.45, 2.75) is 45.4 Å². The van der Waals surface area contributed by atoms with Crippen molar-refractivity contribution in [1.82, 2.24) is 4.98 Å². The average Bonchev–Trinajstić information content (AvgIpc) is 3.25. The van der Waals surface area contributed by atoms with E-state index >= 15 is 0 Å². The first-order valence-electron chi connectivity index (χ1n) is 11.8. The van der Waals surface area contributed by atoms with Crippen LogP contribution in [0.2, 0.25) is 0 Å². The molecule has 1 atom stereocenters. The number of carboxylic acid groups (broad SMARTS) is 1. The molecule has 0 amide bonds. The van der Waals surface area contributed by atoms with E-state index in [1.807, 2.05) is 62.4 Å². The Hall–Kier alpha value is -3.65. The number of halogens is 3. The highest BCUT2D eigenvalue weighted by molar-refractivity contribution is 7.15. The number of carbonyl (C=O) groups is 1. The molecule has 0 aliphatic carbocycles. The molecule has 4 nitrogen and oxygen atoms in total. The first-order chi connectivity index (χ1) is 17.6. The lowest BCUT2D eigenvalue weighted by Gasteiger charge is -2.20. The van der Waals surface area contributed by atoms with E-state index in [2.05, 4.69) is 4.98 Å². The van der Waals surface area contributed by atoms with Gasteiger partial charge in [0.1, 0.15) is 16.9 Å². The maximum atomic E-state index is 13.0. The number of hydrogen-bond donors (Lipinski definition) is 1. The summed E-state index contributed by atoms with van der Waals surface area (Å²) in [6.07, 6.45) is -3.68. The van der Waals surface area contributed by atoms with Gasteiger partial charge in [-0.2, -0.15) is 13.2 Å². The molecule has 0 fully saturated rings. The minimum Gasteiger partial charge on any atom is -0.484 e. The molecule has 8 heteroatoms. The Morgan fingerprint density at radius 3 is 2.35 bits per heavy atom. The molecule has 0 aliphatic rings. The summed E-state index contributed by atoms with van der Waals surface area (Å²) < 4.78 is 45.4. The topological polar surface area (TPSA) is 59.4 Å². The molecule has 0 bridgehead atoms. The summed E-state index contributed by atoms with van der Waals surface area (Å²) in [5, 5.41) is 9.61. The fourth-order valence-electron chi connectivity index (χ4n) is 4.08. The molecule has 0 saturated heterocycles. The van der Waals surface area contributed by atoms with E-state index in [0.29, 0.717) is 29.2 Å². The number of alkyl halides is 3. The van der Waals surface area contributed by atoms with Crippen LogP contribution in [0.25, 0.3) is 10.6 Å². The van der Waals surface area contributed by atoms with Crippen LogP contribution in [0, 0.1) is 13.8 Å². The van der Waals surface area contributed by atoms with Crippen molar-refractivity contribution in [3.63, 3.8) is 0 Å². The average molecular weight is 526 g/mol. The molecule has 0 saturated carbocycles. The summed E-state index contributed by atoms with van der Waals surface area (Å²) in [7, 11) is 0. The van der Waals surface area contributed by atoms with Gasteiger partial charge in [-0.3, -0.25) is 4.79 Å². The Morgan fingerprint density at radius 1 is 1.03 bits per heavy atom. The molecule has 0 radical (unpaired) electrons. The van der Waals surface area contributed by atoms with Crippen LogP contribution in [0.1, 0.15) is 45.3 Å². The Labute approximate surface area is 217 Å². The molecule has 4 rings (SSSR count). The van der Waals surface area contributed by atoms with Crippen molar-refractivity contribution in [2.24, 2.45) is 0 Å². The highest BCUT2D eigenvalue weighted by Crippen LogP contribution is 2.37. The monoisotopic (exact) mass is 525 g/mol. The molecule has 37 heavy (non-hydrogen) atoms. The van der Waals surface area contributed by atoms with E-state index < -0.39 is 17.7 Å². The fraction of sp³-hybridized carbons (Fsp3) is 0.241. The third kappa shape index (κ3) is 6.77. The zero-order valence-electron chi connectivity index (χ0n) is 20.4. The van der Waals surface area contributed by atoms with Gasteiger partial charge in [-0.1, -0.05) is 48.5 Å². The predicted molar refractivity (Wildman–Crippen MR) is 138 cm³/mol. The number of thiazole rings is 1. The Kier molecular flexibility index (Phi) is 7.97. The van der Waals surface area contributed by atoms with Crippen LogP contribution in [0.3, 0.4) is 0 Å². The van der Waals surface area contributed by atoms with Gasteiger partial charge in [-0.25, -0.2) is 4.98 Å². The summed E-state index contributed by atoms with van der Waals surface area (Å²) in [5.41, 5.74) is 3.65. The van der Waals surface area contributed by atoms with Crippen molar-refractivity contribution in [1.29, 1.82) is 0 Å². The minimum absolute atomic E-state index is 0.0600. The Morgan fingerprint density at radius 2 is 1.73 bits per heavy atom. The maximum Gasteiger partial charge on any atom is 0.416 e. The number of rotatable bonds is 9. The largest absolute Gasteiger partial charge is 0.484 e. The summed E-state index contributed by atoms with van der Waals surface area (Å²) in [4.78, 5) is 16.5. The quantitative estimate of drug-likeness (QED) is 0.242. The number of aryl methyl sites for hydroxylation is 3. The van der Waals surface area contributed by atoms with E-state index in [9.17, 15) is 18.0 Å². The van der Waals surface area contributed by atoms with Gasteiger partial charge in [0.25, 0.3) is 0 Å². The maximum absolute atomic E-state index is 13.0. The summed E-state index contributed by atoms with van der Waals surface area (Å²) in [5.74, 6) is -0.187. The molecule has 3 aromatic carbocycles. The number of benzene rings is 3. The molecule has 1 aromatic heterocycles. The zero-order valence-corrected chi connectivity index (χ0v) is 21.2. The lowest BCUT2D eigenvalue weighted by Crippen LogP contribution is -2.11.